The molecular weight excluding hydrogens is 310 g/mol. The van der Waals surface area contributed by atoms with E-state index in [0.29, 0.717) is 37.2 Å². The van der Waals surface area contributed by atoms with Crippen molar-refractivity contribution < 1.29 is 19.5 Å². The summed E-state index contributed by atoms with van der Waals surface area (Å²) in [4.78, 5) is 42.7. The van der Waals surface area contributed by atoms with Gasteiger partial charge < -0.3 is 14.9 Å². The van der Waals surface area contributed by atoms with Crippen molar-refractivity contribution in [3.63, 3.8) is 0 Å². The number of carbonyl (C=O) groups excluding carboxylic acids is 2. The van der Waals surface area contributed by atoms with E-state index < -0.39 is 5.97 Å². The third-order valence-corrected chi connectivity index (χ3v) is 4.37. The molecule has 1 N–H and O–H groups in total. The van der Waals surface area contributed by atoms with Crippen molar-refractivity contribution >= 4 is 17.8 Å². The maximum atomic E-state index is 12.7. The first kappa shape index (κ1) is 17.9. The second kappa shape index (κ2) is 7.90. The van der Waals surface area contributed by atoms with Crippen LogP contribution in [-0.4, -0.2) is 63.4 Å². The van der Waals surface area contributed by atoms with Crippen molar-refractivity contribution in [2.45, 2.75) is 39.2 Å². The molecule has 0 aliphatic carbocycles. The molecule has 1 atom stereocenters. The maximum Gasteiger partial charge on any atom is 0.323 e. The number of aryl methyl sites for hydroxylation is 1. The Kier molecular flexibility index (Phi) is 5.89. The Morgan fingerprint density at radius 1 is 1.33 bits per heavy atom. The molecule has 130 valence electrons. The second-order valence-corrected chi connectivity index (χ2v) is 6.05. The van der Waals surface area contributed by atoms with Crippen LogP contribution in [0.5, 0.6) is 0 Å². The fraction of sp³-hybridized carbons (Fsp3) is 0.529. The van der Waals surface area contributed by atoms with E-state index in [2.05, 4.69) is 4.98 Å². The third-order valence-electron chi connectivity index (χ3n) is 4.37. The van der Waals surface area contributed by atoms with Crippen molar-refractivity contribution in [2.75, 3.05) is 19.6 Å². The number of carboxylic acids is 1. The van der Waals surface area contributed by atoms with Crippen LogP contribution in [0.25, 0.3) is 0 Å². The molecule has 1 aliphatic rings. The van der Waals surface area contributed by atoms with Gasteiger partial charge in [-0.3, -0.25) is 19.4 Å². The fourth-order valence-electron chi connectivity index (χ4n) is 3.12. The number of carboxylic acid groups (broad SMARTS) is 1. The SMILES string of the molecule is CC(=O)N(CC(=O)O)C1CCCN(C(=O)c2cccnc2C)CC1. The van der Waals surface area contributed by atoms with Gasteiger partial charge in [0.15, 0.2) is 0 Å². The third kappa shape index (κ3) is 4.31. The molecule has 2 rings (SSSR count). The van der Waals surface area contributed by atoms with E-state index in [1.165, 1.54) is 11.8 Å². The number of rotatable bonds is 4. The summed E-state index contributed by atoms with van der Waals surface area (Å²) < 4.78 is 0. The van der Waals surface area contributed by atoms with E-state index in [-0.39, 0.29) is 24.4 Å². The van der Waals surface area contributed by atoms with Gasteiger partial charge in [0.2, 0.25) is 5.91 Å². The molecule has 1 fully saturated rings. The van der Waals surface area contributed by atoms with Crippen LogP contribution in [0.3, 0.4) is 0 Å². The molecule has 0 spiro atoms. The molecular formula is C17H23N3O4. The number of pyridine rings is 1. The molecule has 2 amide bonds. The van der Waals surface area contributed by atoms with Crippen LogP contribution in [-0.2, 0) is 9.59 Å². The van der Waals surface area contributed by atoms with Crippen molar-refractivity contribution in [3.05, 3.63) is 29.6 Å². The first-order chi connectivity index (χ1) is 11.4. The summed E-state index contributed by atoms with van der Waals surface area (Å²) in [6.07, 6.45) is 3.67. The minimum absolute atomic E-state index is 0.0612. The smallest absolute Gasteiger partial charge is 0.323 e. The predicted molar refractivity (Wildman–Crippen MR) is 87.5 cm³/mol. The molecule has 7 nitrogen and oxygen atoms in total. The van der Waals surface area contributed by atoms with Gasteiger partial charge in [-0.25, -0.2) is 0 Å². The normalized spacial score (nSPS) is 17.9. The highest BCUT2D eigenvalue weighted by Crippen LogP contribution is 2.19. The lowest BCUT2D eigenvalue weighted by atomic mass is 10.1. The van der Waals surface area contributed by atoms with E-state index in [4.69, 9.17) is 5.11 Å². The lowest BCUT2D eigenvalue weighted by molar-refractivity contribution is -0.145. The van der Waals surface area contributed by atoms with Gasteiger partial charge in [-0.15, -0.1) is 0 Å². The Labute approximate surface area is 141 Å². The van der Waals surface area contributed by atoms with Crippen molar-refractivity contribution in [1.29, 1.82) is 0 Å². The first-order valence-electron chi connectivity index (χ1n) is 8.10. The van der Waals surface area contributed by atoms with Crippen molar-refractivity contribution in [3.8, 4) is 0 Å². The number of hydrogen-bond acceptors (Lipinski definition) is 4. The molecule has 0 bridgehead atoms. The molecule has 0 radical (unpaired) electrons. The van der Waals surface area contributed by atoms with Gasteiger partial charge >= 0.3 is 5.97 Å². The average Bonchev–Trinajstić information content (AvgIpc) is 2.78. The van der Waals surface area contributed by atoms with Crippen LogP contribution in [0.4, 0.5) is 0 Å². The largest absolute Gasteiger partial charge is 0.480 e. The number of aromatic nitrogens is 1. The molecule has 7 heteroatoms. The van der Waals surface area contributed by atoms with Crippen LogP contribution in [0.2, 0.25) is 0 Å². The van der Waals surface area contributed by atoms with E-state index in [0.717, 1.165) is 6.42 Å². The lowest BCUT2D eigenvalue weighted by Gasteiger charge is -2.29. The molecule has 1 aromatic rings. The zero-order valence-electron chi connectivity index (χ0n) is 14.1. The summed E-state index contributed by atoms with van der Waals surface area (Å²) in [5.74, 6) is -1.33. The molecule has 2 heterocycles. The summed E-state index contributed by atoms with van der Waals surface area (Å²) in [5, 5.41) is 8.99. The Morgan fingerprint density at radius 3 is 2.71 bits per heavy atom. The van der Waals surface area contributed by atoms with Crippen molar-refractivity contribution in [2.24, 2.45) is 0 Å². The summed E-state index contributed by atoms with van der Waals surface area (Å²) in [6.45, 7) is 3.99. The summed E-state index contributed by atoms with van der Waals surface area (Å²) >= 11 is 0. The Bertz CT molecular complexity index is 632. The number of carbonyl (C=O) groups is 3. The Hall–Kier alpha value is -2.44. The molecule has 1 aliphatic heterocycles. The molecule has 0 saturated carbocycles. The summed E-state index contributed by atoms with van der Waals surface area (Å²) in [5.41, 5.74) is 1.28. The number of aliphatic carboxylic acids is 1. The quantitative estimate of drug-likeness (QED) is 0.897. The van der Waals surface area contributed by atoms with Gasteiger partial charge in [-0.05, 0) is 38.3 Å². The average molecular weight is 333 g/mol. The van der Waals surface area contributed by atoms with Gasteiger partial charge in [-0.2, -0.15) is 0 Å². The minimum Gasteiger partial charge on any atom is -0.480 e. The predicted octanol–water partition coefficient (Wildman–Crippen LogP) is 1.32. The van der Waals surface area contributed by atoms with E-state index >= 15 is 0 Å². The topological polar surface area (TPSA) is 90.8 Å². The molecule has 0 aromatic carbocycles. The highest BCUT2D eigenvalue weighted by atomic mass is 16.4. The monoisotopic (exact) mass is 333 g/mol. The number of nitrogens with zero attached hydrogens (tertiary/aromatic N) is 3. The van der Waals surface area contributed by atoms with E-state index in [1.54, 1.807) is 30.2 Å². The minimum atomic E-state index is -1.02. The zero-order valence-corrected chi connectivity index (χ0v) is 14.1. The molecule has 24 heavy (non-hydrogen) atoms. The number of hydrogen-bond donors (Lipinski definition) is 1. The first-order valence-corrected chi connectivity index (χ1v) is 8.10. The molecule has 1 saturated heterocycles. The summed E-state index contributed by atoms with van der Waals surface area (Å²) in [6, 6.07) is 3.36. The van der Waals surface area contributed by atoms with Crippen LogP contribution >= 0.6 is 0 Å². The zero-order chi connectivity index (χ0) is 17.7. The van der Waals surface area contributed by atoms with Gasteiger partial charge in [0.25, 0.3) is 5.91 Å². The Balaban J connectivity index is 2.07. The highest BCUT2D eigenvalue weighted by Gasteiger charge is 2.28. The highest BCUT2D eigenvalue weighted by molar-refractivity contribution is 5.95. The standard InChI is InChI=1S/C17H23N3O4/c1-12-15(6-3-8-18-12)17(24)19-9-4-5-14(7-10-19)20(13(2)21)11-16(22)23/h3,6,8,14H,4-5,7,9-11H2,1-2H3,(H,22,23). The van der Waals surface area contributed by atoms with Crippen LogP contribution < -0.4 is 0 Å². The van der Waals surface area contributed by atoms with Gasteiger partial charge in [0.05, 0.1) is 5.56 Å². The van der Waals surface area contributed by atoms with Crippen LogP contribution in [0.15, 0.2) is 18.3 Å². The summed E-state index contributed by atoms with van der Waals surface area (Å²) in [7, 11) is 0. The van der Waals surface area contributed by atoms with Gasteiger partial charge in [-0.1, -0.05) is 0 Å². The Morgan fingerprint density at radius 2 is 2.08 bits per heavy atom. The van der Waals surface area contributed by atoms with Crippen molar-refractivity contribution in [1.82, 2.24) is 14.8 Å². The van der Waals surface area contributed by atoms with E-state index in [1.807, 2.05) is 0 Å². The van der Waals surface area contributed by atoms with Crippen LogP contribution in [0.1, 0.15) is 42.2 Å². The van der Waals surface area contributed by atoms with Gasteiger partial charge in [0, 0.05) is 37.9 Å². The van der Waals surface area contributed by atoms with E-state index in [9.17, 15) is 14.4 Å². The number of likely N-dealkylation sites (tertiary alicyclic amines) is 1. The van der Waals surface area contributed by atoms with Gasteiger partial charge in [0.1, 0.15) is 6.54 Å². The molecule has 1 aromatic heterocycles. The number of amides is 2. The fourth-order valence-corrected chi connectivity index (χ4v) is 3.12. The maximum absolute atomic E-state index is 12.7. The molecule has 1 unspecified atom stereocenters. The lowest BCUT2D eigenvalue weighted by Crippen LogP contribution is -2.43. The van der Waals surface area contributed by atoms with Crippen LogP contribution in [0, 0.1) is 6.92 Å². The second-order valence-electron chi connectivity index (χ2n) is 6.05.